The van der Waals surface area contributed by atoms with E-state index in [0.29, 0.717) is 0 Å². The fourth-order valence-electron chi connectivity index (χ4n) is 5.33. The van der Waals surface area contributed by atoms with E-state index in [0.717, 1.165) is 56.4 Å². The maximum atomic E-state index is 12.2. The molecule has 1 atom stereocenters. The Bertz CT molecular complexity index is 324. The Balaban J connectivity index is 1.48. The van der Waals surface area contributed by atoms with Gasteiger partial charge >= 0.3 is 5.97 Å². The normalized spacial score (nSPS) is 49.6. The molecule has 1 heterocycles. The van der Waals surface area contributed by atoms with Crippen molar-refractivity contribution in [2.45, 2.75) is 63.0 Å². The first-order valence-electron chi connectivity index (χ1n) is 7.69. The van der Waals surface area contributed by atoms with Gasteiger partial charge in [0.15, 0.2) is 0 Å². The Labute approximate surface area is 109 Å². The highest BCUT2D eigenvalue weighted by Gasteiger charge is 2.53. The van der Waals surface area contributed by atoms with Crippen LogP contribution in [-0.4, -0.2) is 24.2 Å². The van der Waals surface area contributed by atoms with E-state index in [-0.39, 0.29) is 17.6 Å². The SMILES string of the molecule is O=C(OC12CC3CC(CC(C3)C1)C2)C1CCCN1. The lowest BCUT2D eigenvalue weighted by atomic mass is 9.54. The van der Waals surface area contributed by atoms with Crippen LogP contribution in [0.15, 0.2) is 0 Å². The standard InChI is InChI=1S/C15H23NO2/c17-14(13-2-1-3-16-13)18-15-7-10-4-11(8-15)6-12(5-10)9-15/h10-13,16H,1-9H2. The topological polar surface area (TPSA) is 38.3 Å². The van der Waals surface area contributed by atoms with E-state index in [9.17, 15) is 4.79 Å². The first-order chi connectivity index (χ1) is 8.72. The molecule has 3 nitrogen and oxygen atoms in total. The van der Waals surface area contributed by atoms with Gasteiger partial charge in [0.2, 0.25) is 0 Å². The summed E-state index contributed by atoms with van der Waals surface area (Å²) in [5, 5.41) is 3.26. The Morgan fingerprint density at radius 3 is 2.17 bits per heavy atom. The van der Waals surface area contributed by atoms with Crippen molar-refractivity contribution in [2.24, 2.45) is 17.8 Å². The first kappa shape index (κ1) is 11.3. The van der Waals surface area contributed by atoms with Gasteiger partial charge in [0.1, 0.15) is 11.6 Å². The van der Waals surface area contributed by atoms with Crippen LogP contribution in [0.2, 0.25) is 0 Å². The maximum Gasteiger partial charge on any atom is 0.323 e. The van der Waals surface area contributed by atoms with E-state index in [4.69, 9.17) is 4.74 Å². The van der Waals surface area contributed by atoms with Crippen molar-refractivity contribution in [3.05, 3.63) is 0 Å². The highest BCUT2D eigenvalue weighted by molar-refractivity contribution is 5.76. The van der Waals surface area contributed by atoms with Gasteiger partial charge in [-0.3, -0.25) is 4.79 Å². The highest BCUT2D eigenvalue weighted by atomic mass is 16.6. The lowest BCUT2D eigenvalue weighted by Crippen LogP contribution is -2.54. The van der Waals surface area contributed by atoms with Crippen LogP contribution in [0, 0.1) is 17.8 Å². The van der Waals surface area contributed by atoms with Crippen molar-refractivity contribution in [1.29, 1.82) is 0 Å². The Morgan fingerprint density at radius 2 is 1.67 bits per heavy atom. The summed E-state index contributed by atoms with van der Waals surface area (Å²) in [6.07, 6.45) is 9.73. The second kappa shape index (κ2) is 3.96. The molecule has 5 fully saturated rings. The molecule has 1 unspecified atom stereocenters. The van der Waals surface area contributed by atoms with Gasteiger partial charge in [-0.2, -0.15) is 0 Å². The van der Waals surface area contributed by atoms with Gasteiger partial charge in [-0.05, 0) is 75.7 Å². The number of ether oxygens (including phenoxy) is 1. The van der Waals surface area contributed by atoms with Crippen LogP contribution < -0.4 is 5.32 Å². The molecular formula is C15H23NO2. The van der Waals surface area contributed by atoms with Gasteiger partial charge in [-0.1, -0.05) is 0 Å². The highest BCUT2D eigenvalue weighted by Crippen LogP contribution is 2.57. The molecular weight excluding hydrogens is 226 g/mol. The lowest BCUT2D eigenvalue weighted by molar-refractivity contribution is -0.188. The number of carbonyl (C=O) groups excluding carboxylic acids is 1. The van der Waals surface area contributed by atoms with E-state index >= 15 is 0 Å². The fraction of sp³-hybridized carbons (Fsp3) is 0.933. The van der Waals surface area contributed by atoms with Crippen LogP contribution in [0.1, 0.15) is 51.4 Å². The largest absolute Gasteiger partial charge is 0.458 e. The van der Waals surface area contributed by atoms with Crippen LogP contribution in [0.5, 0.6) is 0 Å². The predicted molar refractivity (Wildman–Crippen MR) is 68.0 cm³/mol. The van der Waals surface area contributed by atoms with Crippen LogP contribution in [0.4, 0.5) is 0 Å². The molecule has 3 heteroatoms. The molecule has 0 spiro atoms. The molecule has 100 valence electrons. The summed E-state index contributed by atoms with van der Waals surface area (Å²) >= 11 is 0. The zero-order valence-corrected chi connectivity index (χ0v) is 11.0. The molecule has 1 N–H and O–H groups in total. The number of rotatable bonds is 2. The van der Waals surface area contributed by atoms with E-state index < -0.39 is 0 Å². The summed E-state index contributed by atoms with van der Waals surface area (Å²) in [5.74, 6) is 2.58. The van der Waals surface area contributed by atoms with Crippen LogP contribution in [0.3, 0.4) is 0 Å². The van der Waals surface area contributed by atoms with Gasteiger partial charge in [0.05, 0.1) is 0 Å². The molecule has 5 aliphatic rings. The number of hydrogen-bond acceptors (Lipinski definition) is 3. The minimum Gasteiger partial charge on any atom is -0.458 e. The van der Waals surface area contributed by atoms with Gasteiger partial charge < -0.3 is 10.1 Å². The van der Waals surface area contributed by atoms with Crippen LogP contribution >= 0.6 is 0 Å². The molecule has 4 saturated carbocycles. The molecule has 4 bridgehead atoms. The molecule has 1 aliphatic heterocycles. The summed E-state index contributed by atoms with van der Waals surface area (Å²) in [6.45, 7) is 0.973. The van der Waals surface area contributed by atoms with Gasteiger partial charge in [-0.25, -0.2) is 0 Å². The van der Waals surface area contributed by atoms with E-state index in [1.54, 1.807) is 0 Å². The van der Waals surface area contributed by atoms with Crippen molar-refractivity contribution in [2.75, 3.05) is 6.54 Å². The third-order valence-corrected chi connectivity index (χ3v) is 5.64. The average molecular weight is 249 g/mol. The second-order valence-electron chi connectivity index (χ2n) is 7.17. The predicted octanol–water partition coefficient (Wildman–Crippen LogP) is 2.25. The quantitative estimate of drug-likeness (QED) is 0.763. The van der Waals surface area contributed by atoms with E-state index in [2.05, 4.69) is 5.32 Å². The van der Waals surface area contributed by atoms with Crippen molar-refractivity contribution < 1.29 is 9.53 Å². The van der Waals surface area contributed by atoms with Gasteiger partial charge in [0.25, 0.3) is 0 Å². The van der Waals surface area contributed by atoms with Gasteiger partial charge in [-0.15, -0.1) is 0 Å². The summed E-state index contributed by atoms with van der Waals surface area (Å²) in [4.78, 5) is 12.2. The summed E-state index contributed by atoms with van der Waals surface area (Å²) in [5.41, 5.74) is -0.0594. The van der Waals surface area contributed by atoms with Crippen molar-refractivity contribution in [3.8, 4) is 0 Å². The molecule has 5 rings (SSSR count). The minimum absolute atomic E-state index is 0.0157. The maximum absolute atomic E-state index is 12.2. The van der Waals surface area contributed by atoms with Crippen molar-refractivity contribution in [1.82, 2.24) is 5.32 Å². The molecule has 0 amide bonds. The zero-order chi connectivity index (χ0) is 12.2. The van der Waals surface area contributed by atoms with Crippen molar-refractivity contribution in [3.63, 3.8) is 0 Å². The molecule has 1 saturated heterocycles. The smallest absolute Gasteiger partial charge is 0.323 e. The number of hydrogen-bond donors (Lipinski definition) is 1. The van der Waals surface area contributed by atoms with Gasteiger partial charge in [0, 0.05) is 0 Å². The Kier molecular flexibility index (Phi) is 2.48. The molecule has 0 aromatic rings. The molecule has 0 radical (unpaired) electrons. The second-order valence-corrected chi connectivity index (χ2v) is 7.17. The number of esters is 1. The molecule has 0 aromatic heterocycles. The molecule has 0 aromatic carbocycles. The number of carbonyl (C=O) groups is 1. The van der Waals surface area contributed by atoms with E-state index in [1.807, 2.05) is 0 Å². The molecule has 4 aliphatic carbocycles. The van der Waals surface area contributed by atoms with E-state index in [1.165, 1.54) is 19.3 Å². The lowest BCUT2D eigenvalue weighted by Gasteiger charge is -2.55. The summed E-state index contributed by atoms with van der Waals surface area (Å²) < 4.78 is 6.03. The minimum atomic E-state index is -0.0594. The third-order valence-electron chi connectivity index (χ3n) is 5.64. The zero-order valence-electron chi connectivity index (χ0n) is 11.0. The third kappa shape index (κ3) is 1.78. The fourth-order valence-corrected chi connectivity index (χ4v) is 5.33. The van der Waals surface area contributed by atoms with Crippen molar-refractivity contribution >= 4 is 5.97 Å². The first-order valence-corrected chi connectivity index (χ1v) is 7.69. The van der Waals surface area contributed by atoms with Crippen LogP contribution in [-0.2, 0) is 9.53 Å². The summed E-state index contributed by atoms with van der Waals surface area (Å²) in [6, 6.07) is -0.0157. The average Bonchev–Trinajstić information content (AvgIpc) is 2.79. The van der Waals surface area contributed by atoms with Crippen LogP contribution in [0.25, 0.3) is 0 Å². The number of nitrogens with one attached hydrogen (secondary N) is 1. The monoisotopic (exact) mass is 249 g/mol. The summed E-state index contributed by atoms with van der Waals surface area (Å²) in [7, 11) is 0. The Hall–Kier alpha value is -0.570. The Morgan fingerprint density at radius 1 is 1.06 bits per heavy atom. The molecule has 18 heavy (non-hydrogen) atoms.